The van der Waals surface area contributed by atoms with Gasteiger partial charge in [-0.15, -0.1) is 10.2 Å². The van der Waals surface area contributed by atoms with Gasteiger partial charge < -0.3 is 0 Å². The molecule has 0 aromatic carbocycles. The summed E-state index contributed by atoms with van der Waals surface area (Å²) in [7, 11) is 0. The first-order valence-corrected chi connectivity index (χ1v) is 4.87. The highest BCUT2D eigenvalue weighted by Crippen LogP contribution is 2.37. The highest BCUT2D eigenvalue weighted by Gasteiger charge is 2.23. The van der Waals surface area contributed by atoms with Crippen molar-refractivity contribution in [3.63, 3.8) is 0 Å². The van der Waals surface area contributed by atoms with Crippen LogP contribution >= 0.6 is 23.2 Å². The lowest BCUT2D eigenvalue weighted by molar-refractivity contribution is 0.583. The molecule has 1 atom stereocenters. The van der Waals surface area contributed by atoms with Crippen molar-refractivity contribution in [2.24, 2.45) is 0 Å². The lowest BCUT2D eigenvalue weighted by atomic mass is 9.86. The monoisotopic (exact) mass is 219 g/mol. The molecule has 0 radical (unpaired) electrons. The smallest absolute Gasteiger partial charge is 0.137 e. The van der Waals surface area contributed by atoms with E-state index in [0.29, 0.717) is 12.0 Å². The van der Waals surface area contributed by atoms with Crippen molar-refractivity contribution in [1.29, 1.82) is 0 Å². The summed E-state index contributed by atoms with van der Waals surface area (Å²) < 4.78 is 22.5. The predicted molar refractivity (Wildman–Crippen MR) is 53.4 cm³/mol. The van der Waals surface area contributed by atoms with E-state index in [-0.39, 0.29) is 10.3 Å². The van der Waals surface area contributed by atoms with Gasteiger partial charge in [-0.2, -0.15) is 0 Å². The summed E-state index contributed by atoms with van der Waals surface area (Å²) in [6.07, 6.45) is 2.10. The standard InChI is InChI=1S/C9H10Cl2N2/c1-5-3-2-4-6-7(5)9(11)13-12-8(6)10/h5H,2-4H2,1H3/t5-/m1/s1/i1D3. The SMILES string of the molecule is [2H]C([2H])([2H])[C@@H]1CCCc2c(Cl)nnc(Cl)c21. The maximum atomic E-state index is 7.51. The summed E-state index contributed by atoms with van der Waals surface area (Å²) in [5.41, 5.74) is 1.31. The first-order valence-electron chi connectivity index (χ1n) is 5.61. The molecular weight excluding hydrogens is 207 g/mol. The van der Waals surface area contributed by atoms with E-state index in [2.05, 4.69) is 10.2 Å². The van der Waals surface area contributed by atoms with E-state index in [9.17, 15) is 0 Å². The number of aromatic nitrogens is 2. The van der Waals surface area contributed by atoms with Gasteiger partial charge in [0.2, 0.25) is 0 Å². The summed E-state index contributed by atoms with van der Waals surface area (Å²) in [6, 6.07) is 0. The molecule has 70 valence electrons. The summed E-state index contributed by atoms with van der Waals surface area (Å²) in [6.45, 7) is -2.06. The van der Waals surface area contributed by atoms with Crippen LogP contribution in [0.15, 0.2) is 0 Å². The van der Waals surface area contributed by atoms with Crippen LogP contribution in [0.5, 0.6) is 0 Å². The van der Waals surface area contributed by atoms with Crippen LogP contribution in [-0.4, -0.2) is 10.2 Å². The Bertz CT molecular complexity index is 420. The highest BCUT2D eigenvalue weighted by molar-refractivity contribution is 6.32. The molecule has 0 saturated carbocycles. The lowest BCUT2D eigenvalue weighted by Crippen LogP contribution is -2.10. The molecule has 0 fully saturated rings. The zero-order valence-corrected chi connectivity index (χ0v) is 8.36. The van der Waals surface area contributed by atoms with Gasteiger partial charge in [-0.3, -0.25) is 0 Å². The number of hydrogen-bond donors (Lipinski definition) is 0. The van der Waals surface area contributed by atoms with Gasteiger partial charge >= 0.3 is 0 Å². The van der Waals surface area contributed by atoms with Crippen LogP contribution in [0.25, 0.3) is 0 Å². The van der Waals surface area contributed by atoms with Crippen molar-refractivity contribution >= 4 is 23.2 Å². The number of fused-ring (bicyclic) bond motifs is 1. The van der Waals surface area contributed by atoms with E-state index in [4.69, 9.17) is 27.3 Å². The van der Waals surface area contributed by atoms with E-state index < -0.39 is 12.8 Å². The lowest BCUT2D eigenvalue weighted by Gasteiger charge is -2.22. The largest absolute Gasteiger partial charge is 0.155 e. The third-order valence-electron chi connectivity index (χ3n) is 2.29. The number of halogens is 2. The Morgan fingerprint density at radius 2 is 2.15 bits per heavy atom. The predicted octanol–water partition coefficient (Wildman–Crippen LogP) is 3.22. The van der Waals surface area contributed by atoms with Crippen molar-refractivity contribution in [3.8, 4) is 0 Å². The van der Waals surface area contributed by atoms with Gasteiger partial charge in [0, 0.05) is 9.68 Å². The van der Waals surface area contributed by atoms with E-state index in [0.717, 1.165) is 18.4 Å². The Labute approximate surface area is 91.5 Å². The fourth-order valence-electron chi connectivity index (χ4n) is 1.66. The Balaban J connectivity index is 2.58. The van der Waals surface area contributed by atoms with Crippen LogP contribution in [0.3, 0.4) is 0 Å². The maximum absolute atomic E-state index is 7.51. The van der Waals surface area contributed by atoms with Gasteiger partial charge in [-0.25, -0.2) is 0 Å². The summed E-state index contributed by atoms with van der Waals surface area (Å²) in [5, 5.41) is 7.84. The van der Waals surface area contributed by atoms with Gasteiger partial charge in [-0.05, 0) is 30.7 Å². The van der Waals surface area contributed by atoms with E-state index in [1.165, 1.54) is 0 Å². The zero-order chi connectivity index (χ0) is 11.9. The summed E-state index contributed by atoms with van der Waals surface area (Å²) >= 11 is 11.8. The minimum Gasteiger partial charge on any atom is -0.137 e. The van der Waals surface area contributed by atoms with Gasteiger partial charge in [0.15, 0.2) is 10.3 Å². The van der Waals surface area contributed by atoms with Crippen molar-refractivity contribution in [1.82, 2.24) is 10.2 Å². The van der Waals surface area contributed by atoms with E-state index in [1.54, 1.807) is 0 Å². The molecule has 0 aliphatic heterocycles. The fraction of sp³-hybridized carbons (Fsp3) is 0.556. The van der Waals surface area contributed by atoms with Crippen molar-refractivity contribution in [3.05, 3.63) is 21.4 Å². The Morgan fingerprint density at radius 3 is 2.92 bits per heavy atom. The minimum absolute atomic E-state index is 0.167. The number of rotatable bonds is 0. The van der Waals surface area contributed by atoms with Crippen LogP contribution in [0, 0.1) is 0 Å². The molecule has 1 aromatic heterocycles. The maximum Gasteiger partial charge on any atom is 0.155 e. The first kappa shape index (κ1) is 6.20. The Morgan fingerprint density at radius 1 is 1.38 bits per heavy atom. The molecule has 0 amide bonds. The molecule has 2 rings (SSSR count). The van der Waals surface area contributed by atoms with Crippen molar-refractivity contribution in [2.45, 2.75) is 32.0 Å². The minimum atomic E-state index is -2.06. The second-order valence-electron chi connectivity index (χ2n) is 3.12. The van der Waals surface area contributed by atoms with Crippen molar-refractivity contribution < 1.29 is 4.11 Å². The second kappa shape index (κ2) is 3.43. The first-order chi connectivity index (χ1) is 7.41. The van der Waals surface area contributed by atoms with Crippen LogP contribution in [0.1, 0.15) is 40.9 Å². The number of nitrogens with zero attached hydrogens (tertiary/aromatic N) is 2. The fourth-order valence-corrected chi connectivity index (χ4v) is 2.17. The molecule has 0 unspecified atom stereocenters. The average molecular weight is 220 g/mol. The molecule has 0 spiro atoms. The molecule has 0 N–H and O–H groups in total. The third kappa shape index (κ3) is 1.53. The molecule has 0 bridgehead atoms. The molecule has 2 nitrogen and oxygen atoms in total. The Hall–Kier alpha value is -0.340. The van der Waals surface area contributed by atoms with Gasteiger partial charge in [0.1, 0.15) is 0 Å². The molecule has 1 heterocycles. The molecule has 0 saturated heterocycles. The molecule has 13 heavy (non-hydrogen) atoms. The third-order valence-corrected chi connectivity index (χ3v) is 2.87. The van der Waals surface area contributed by atoms with Crippen LogP contribution < -0.4 is 0 Å². The Kier molecular flexibility index (Phi) is 1.64. The topological polar surface area (TPSA) is 25.8 Å². The van der Waals surface area contributed by atoms with Crippen LogP contribution in [0.2, 0.25) is 10.3 Å². The molecule has 1 aromatic rings. The van der Waals surface area contributed by atoms with Crippen LogP contribution in [0.4, 0.5) is 0 Å². The molecule has 4 heteroatoms. The van der Waals surface area contributed by atoms with E-state index >= 15 is 0 Å². The summed E-state index contributed by atoms with van der Waals surface area (Å²) in [4.78, 5) is 0. The molecule has 1 aliphatic carbocycles. The zero-order valence-electron chi connectivity index (χ0n) is 9.85. The molecule has 1 aliphatic rings. The van der Waals surface area contributed by atoms with Crippen molar-refractivity contribution in [2.75, 3.05) is 0 Å². The van der Waals surface area contributed by atoms with Gasteiger partial charge in [-0.1, -0.05) is 30.1 Å². The van der Waals surface area contributed by atoms with Crippen LogP contribution in [-0.2, 0) is 6.42 Å². The van der Waals surface area contributed by atoms with Gasteiger partial charge in [0.25, 0.3) is 0 Å². The molecular formula is C9H10Cl2N2. The average Bonchev–Trinajstić information content (AvgIpc) is 2.22. The second-order valence-corrected chi connectivity index (χ2v) is 3.83. The highest BCUT2D eigenvalue weighted by atomic mass is 35.5. The van der Waals surface area contributed by atoms with Gasteiger partial charge in [0.05, 0.1) is 0 Å². The van der Waals surface area contributed by atoms with E-state index in [1.807, 2.05) is 0 Å². The summed E-state index contributed by atoms with van der Waals surface area (Å²) in [5.74, 6) is -0.572. The normalized spacial score (nSPS) is 25.7. The number of hydrogen-bond acceptors (Lipinski definition) is 2. The quantitative estimate of drug-likeness (QED) is 0.670.